The molecule has 1 heterocycles. The third-order valence-corrected chi connectivity index (χ3v) is 5.91. The monoisotopic (exact) mass is 500 g/mol. The molecule has 0 unspecified atom stereocenters. The van der Waals surface area contributed by atoms with Crippen LogP contribution in [0, 0.1) is 11.3 Å². The van der Waals surface area contributed by atoms with Crippen molar-refractivity contribution in [3.63, 3.8) is 0 Å². The summed E-state index contributed by atoms with van der Waals surface area (Å²) in [4.78, 5) is 37.9. The first kappa shape index (κ1) is 22.6. The largest absolute Gasteiger partial charge is 0.488 e. The summed E-state index contributed by atoms with van der Waals surface area (Å²) in [5.74, 6) is -0.774. The highest BCUT2D eigenvalue weighted by Gasteiger charge is 2.41. The molecule has 0 bridgehead atoms. The molecule has 9 heteroatoms. The Morgan fingerprint density at radius 3 is 2.74 bits per heavy atom. The molecular formula is C22H17BrN2O5S. The summed E-state index contributed by atoms with van der Waals surface area (Å²) in [6, 6.07) is 13.5. The summed E-state index contributed by atoms with van der Waals surface area (Å²) in [7, 11) is 1.20. The van der Waals surface area contributed by atoms with Gasteiger partial charge in [-0.05, 0) is 49.0 Å². The number of rotatable bonds is 6. The fourth-order valence-corrected chi connectivity index (χ4v) is 4.18. The van der Waals surface area contributed by atoms with E-state index in [-0.39, 0.29) is 11.5 Å². The fourth-order valence-electron chi connectivity index (χ4n) is 2.91. The predicted octanol–water partition coefficient (Wildman–Crippen LogP) is 4.50. The number of hydrogen-bond acceptors (Lipinski definition) is 7. The number of thioether (sulfide) groups is 1. The van der Waals surface area contributed by atoms with Gasteiger partial charge in [-0.1, -0.05) is 34.1 Å². The number of carbonyl (C=O) groups excluding carboxylic acids is 3. The second-order valence-corrected chi connectivity index (χ2v) is 8.40. The van der Waals surface area contributed by atoms with Gasteiger partial charge in [0.15, 0.2) is 0 Å². The summed E-state index contributed by atoms with van der Waals surface area (Å²) in [5, 5.41) is 8.70. The average Bonchev–Trinajstić information content (AvgIpc) is 3.05. The highest BCUT2D eigenvalue weighted by molar-refractivity contribution is 9.10. The van der Waals surface area contributed by atoms with Crippen LogP contribution in [0.1, 0.15) is 23.6 Å². The number of imide groups is 1. The van der Waals surface area contributed by atoms with Gasteiger partial charge in [-0.2, -0.15) is 5.26 Å². The molecule has 3 rings (SSSR count). The van der Waals surface area contributed by atoms with Crippen LogP contribution in [0.25, 0.3) is 6.08 Å². The number of ether oxygens (including phenoxy) is 2. The van der Waals surface area contributed by atoms with Gasteiger partial charge in [0.25, 0.3) is 11.1 Å². The molecule has 0 saturated carbocycles. The molecule has 0 N–H and O–H groups in total. The Labute approximate surface area is 191 Å². The van der Waals surface area contributed by atoms with E-state index in [1.807, 2.05) is 6.07 Å². The minimum atomic E-state index is -1.02. The summed E-state index contributed by atoms with van der Waals surface area (Å²) in [5.41, 5.74) is 1.81. The number of hydrogen-bond donors (Lipinski definition) is 0. The van der Waals surface area contributed by atoms with Gasteiger partial charge in [-0.3, -0.25) is 14.5 Å². The van der Waals surface area contributed by atoms with Crippen molar-refractivity contribution >= 4 is 50.9 Å². The SMILES string of the molecule is COC(=O)[C@@H](C)N1C(=O)S/C(=C/c2cc(Br)ccc2OCc2ccccc2C#N)C1=O. The van der Waals surface area contributed by atoms with Crippen LogP contribution in [0.3, 0.4) is 0 Å². The number of carbonyl (C=O) groups is 3. The first-order valence-electron chi connectivity index (χ1n) is 9.11. The van der Waals surface area contributed by atoms with Gasteiger partial charge >= 0.3 is 5.97 Å². The second-order valence-electron chi connectivity index (χ2n) is 6.49. The zero-order valence-electron chi connectivity index (χ0n) is 16.6. The average molecular weight is 501 g/mol. The van der Waals surface area contributed by atoms with Gasteiger partial charge in [-0.25, -0.2) is 4.79 Å². The van der Waals surface area contributed by atoms with Crippen molar-refractivity contribution in [1.82, 2.24) is 4.90 Å². The summed E-state index contributed by atoms with van der Waals surface area (Å²) < 4.78 is 11.3. The van der Waals surface area contributed by atoms with Gasteiger partial charge in [0.05, 0.1) is 23.6 Å². The van der Waals surface area contributed by atoms with E-state index in [1.54, 1.807) is 42.5 Å². The fraction of sp³-hybridized carbons (Fsp3) is 0.182. The Balaban J connectivity index is 1.88. The lowest BCUT2D eigenvalue weighted by Gasteiger charge is -2.18. The quantitative estimate of drug-likeness (QED) is 0.425. The maximum Gasteiger partial charge on any atom is 0.328 e. The van der Waals surface area contributed by atoms with E-state index in [4.69, 9.17) is 4.74 Å². The smallest absolute Gasteiger partial charge is 0.328 e. The van der Waals surface area contributed by atoms with Gasteiger partial charge in [-0.15, -0.1) is 0 Å². The Hall–Kier alpha value is -3.09. The summed E-state index contributed by atoms with van der Waals surface area (Å²) in [6.07, 6.45) is 1.55. The Bertz CT molecular complexity index is 1130. The van der Waals surface area contributed by atoms with Crippen molar-refractivity contribution in [2.24, 2.45) is 0 Å². The van der Waals surface area contributed by atoms with Crippen LogP contribution in [0.15, 0.2) is 51.8 Å². The van der Waals surface area contributed by atoms with E-state index in [0.29, 0.717) is 16.9 Å². The first-order chi connectivity index (χ1) is 14.8. The van der Waals surface area contributed by atoms with E-state index in [0.717, 1.165) is 26.7 Å². The third-order valence-electron chi connectivity index (χ3n) is 4.53. The lowest BCUT2D eigenvalue weighted by molar-refractivity contribution is -0.148. The van der Waals surface area contributed by atoms with E-state index >= 15 is 0 Å². The second kappa shape index (κ2) is 9.81. The number of amides is 2. The van der Waals surface area contributed by atoms with Crippen LogP contribution in [0.2, 0.25) is 0 Å². The molecule has 0 radical (unpaired) electrons. The van der Waals surface area contributed by atoms with E-state index in [2.05, 4.69) is 26.7 Å². The molecule has 0 spiro atoms. The lowest BCUT2D eigenvalue weighted by Crippen LogP contribution is -2.42. The number of benzene rings is 2. The molecule has 1 fully saturated rings. The predicted molar refractivity (Wildman–Crippen MR) is 119 cm³/mol. The first-order valence-corrected chi connectivity index (χ1v) is 10.7. The van der Waals surface area contributed by atoms with Crippen LogP contribution >= 0.6 is 27.7 Å². The minimum Gasteiger partial charge on any atom is -0.488 e. The lowest BCUT2D eigenvalue weighted by atomic mass is 10.1. The number of nitriles is 1. The van der Waals surface area contributed by atoms with Gasteiger partial charge in [0.1, 0.15) is 18.4 Å². The molecule has 31 heavy (non-hydrogen) atoms. The maximum atomic E-state index is 12.8. The molecule has 7 nitrogen and oxygen atoms in total. The van der Waals surface area contributed by atoms with Gasteiger partial charge < -0.3 is 9.47 Å². The van der Waals surface area contributed by atoms with Crippen LogP contribution < -0.4 is 4.74 Å². The van der Waals surface area contributed by atoms with Crippen LogP contribution in [-0.2, 0) is 20.9 Å². The molecule has 1 aliphatic rings. The molecule has 2 aromatic rings. The van der Waals surface area contributed by atoms with Crippen molar-refractivity contribution in [2.75, 3.05) is 7.11 Å². The molecule has 158 valence electrons. The van der Waals surface area contributed by atoms with E-state index in [9.17, 15) is 19.6 Å². The van der Waals surface area contributed by atoms with Crippen molar-refractivity contribution in [3.8, 4) is 11.8 Å². The van der Waals surface area contributed by atoms with E-state index < -0.39 is 23.2 Å². The molecule has 1 aliphatic heterocycles. The zero-order valence-corrected chi connectivity index (χ0v) is 19.0. The maximum absolute atomic E-state index is 12.8. The van der Waals surface area contributed by atoms with Crippen molar-refractivity contribution < 1.29 is 23.9 Å². The molecule has 1 saturated heterocycles. The molecule has 0 aliphatic carbocycles. The van der Waals surface area contributed by atoms with Crippen molar-refractivity contribution in [1.29, 1.82) is 5.26 Å². The number of methoxy groups -OCH3 is 1. The number of esters is 1. The Morgan fingerprint density at radius 2 is 2.03 bits per heavy atom. The Kier molecular flexibility index (Phi) is 7.15. The zero-order chi connectivity index (χ0) is 22.5. The number of halogens is 1. The molecular weight excluding hydrogens is 484 g/mol. The normalized spacial score (nSPS) is 15.7. The summed E-state index contributed by atoms with van der Waals surface area (Å²) >= 11 is 4.14. The molecule has 1 atom stereocenters. The van der Waals surface area contributed by atoms with Gasteiger partial charge in [0.2, 0.25) is 0 Å². The summed E-state index contributed by atoms with van der Waals surface area (Å²) in [6.45, 7) is 1.60. The topological polar surface area (TPSA) is 96.7 Å². The molecule has 2 aromatic carbocycles. The molecule has 0 aromatic heterocycles. The van der Waals surface area contributed by atoms with Crippen LogP contribution in [0.5, 0.6) is 5.75 Å². The molecule has 2 amide bonds. The highest BCUT2D eigenvalue weighted by atomic mass is 79.9. The van der Waals surface area contributed by atoms with Crippen LogP contribution in [0.4, 0.5) is 4.79 Å². The standard InChI is InChI=1S/C22H17BrN2O5S/c1-13(21(27)29-2)25-20(26)19(31-22(25)28)10-16-9-17(23)7-8-18(16)30-12-15-6-4-3-5-14(15)11-24/h3-10,13H,12H2,1-2H3/b19-10+/t13-/m1/s1. The Morgan fingerprint density at radius 1 is 1.29 bits per heavy atom. The van der Waals surface area contributed by atoms with E-state index in [1.165, 1.54) is 14.0 Å². The number of nitrogens with zero attached hydrogens (tertiary/aromatic N) is 2. The van der Waals surface area contributed by atoms with Crippen LogP contribution in [-0.4, -0.2) is 35.2 Å². The third kappa shape index (κ3) is 4.98. The van der Waals surface area contributed by atoms with Crippen molar-refractivity contribution in [2.45, 2.75) is 19.6 Å². The highest BCUT2D eigenvalue weighted by Crippen LogP contribution is 2.36. The minimum absolute atomic E-state index is 0.160. The van der Waals surface area contributed by atoms with Crippen molar-refractivity contribution in [3.05, 3.63) is 68.5 Å². The van der Waals surface area contributed by atoms with Gasteiger partial charge in [0, 0.05) is 15.6 Å².